The molecule has 0 radical (unpaired) electrons. The van der Waals surface area contributed by atoms with Crippen molar-refractivity contribution in [2.75, 3.05) is 41.0 Å². The van der Waals surface area contributed by atoms with Crippen LogP contribution in [0, 0.1) is 0 Å². The van der Waals surface area contributed by atoms with Crippen molar-refractivity contribution in [3.05, 3.63) is 72.9 Å². The number of carbonyl (C=O) groups is 3. The van der Waals surface area contributed by atoms with Gasteiger partial charge in [-0.05, 0) is 64.2 Å². The van der Waals surface area contributed by atoms with Gasteiger partial charge in [-0.15, -0.1) is 0 Å². The molecule has 0 aromatic heterocycles. The molecule has 0 heterocycles. The molecule has 1 N–H and O–H groups in total. The number of quaternary nitrogens is 1. The molecule has 0 aromatic carbocycles. The van der Waals surface area contributed by atoms with Gasteiger partial charge in [0.05, 0.1) is 34.4 Å². The molecule has 0 bridgehead atoms. The summed E-state index contributed by atoms with van der Waals surface area (Å²) in [7, 11) is 5.51. The number of carboxylic acid groups (broad SMARTS) is 1. The Morgan fingerprint density at radius 2 is 0.883 bits per heavy atom. The van der Waals surface area contributed by atoms with E-state index in [1.54, 1.807) is 0 Å². The Morgan fingerprint density at radius 3 is 1.35 bits per heavy atom. The highest BCUT2D eigenvalue weighted by atomic mass is 16.6. The number of carboxylic acids is 1. The average Bonchev–Trinajstić information content (AvgIpc) is 3.21. The lowest BCUT2D eigenvalue weighted by molar-refractivity contribution is -0.887. The smallest absolute Gasteiger partial charge is 0.362 e. The van der Waals surface area contributed by atoms with Crippen molar-refractivity contribution in [3.63, 3.8) is 0 Å². The van der Waals surface area contributed by atoms with Crippen molar-refractivity contribution in [1.29, 1.82) is 0 Å². The van der Waals surface area contributed by atoms with Crippen LogP contribution in [0.25, 0.3) is 0 Å². The maximum Gasteiger partial charge on any atom is 0.362 e. The van der Waals surface area contributed by atoms with Crippen LogP contribution >= 0.6 is 0 Å². The predicted octanol–water partition coefficient (Wildman–Crippen LogP) is 13.5. The van der Waals surface area contributed by atoms with Gasteiger partial charge in [-0.1, -0.05) is 177 Å². The van der Waals surface area contributed by atoms with E-state index in [-0.39, 0.29) is 36.2 Å². The number of likely N-dealkylation sites (N-methyl/N-ethyl adjacent to an activating group) is 1. The Balaban J connectivity index is 4.40. The fraction of sp³-hybridized carbons (Fsp3) is 0.712. The van der Waals surface area contributed by atoms with E-state index >= 15 is 0 Å². The van der Waals surface area contributed by atoms with Crippen molar-refractivity contribution in [2.45, 2.75) is 199 Å². The second-order valence-electron chi connectivity index (χ2n) is 17.1. The molecule has 0 saturated heterocycles. The normalized spacial score (nSPS) is 13.6. The van der Waals surface area contributed by atoms with Crippen molar-refractivity contribution in [1.82, 2.24) is 0 Å². The topological polar surface area (TPSA) is 99.1 Å². The SMILES string of the molecule is CCCCC/C=C/C=C/C=C/C=C/CCCCCCCC(=O)OC(COCCC(C(=O)O)[N+](C)(C)C)COC(=O)CCCCCCC/C=C/C=C/CCCCCCCCC. The van der Waals surface area contributed by atoms with Gasteiger partial charge in [0.15, 0.2) is 12.1 Å². The molecular formula is C52H90NO7+. The molecule has 0 saturated carbocycles. The first-order chi connectivity index (χ1) is 29.1. The van der Waals surface area contributed by atoms with Crippen LogP contribution < -0.4 is 0 Å². The van der Waals surface area contributed by atoms with Crippen molar-refractivity contribution in [3.8, 4) is 0 Å². The molecule has 0 rings (SSSR count). The summed E-state index contributed by atoms with van der Waals surface area (Å²) in [6.45, 7) is 4.65. The third kappa shape index (κ3) is 40.2. The second kappa shape index (κ2) is 42.5. The first-order valence-corrected chi connectivity index (χ1v) is 24.0. The Bertz CT molecular complexity index is 1210. The lowest BCUT2D eigenvalue weighted by atomic mass is 10.1. The van der Waals surface area contributed by atoms with Gasteiger partial charge < -0.3 is 23.8 Å². The Hall–Kier alpha value is -3.23. The van der Waals surface area contributed by atoms with E-state index in [1.807, 2.05) is 27.2 Å². The largest absolute Gasteiger partial charge is 0.477 e. The monoisotopic (exact) mass is 841 g/mol. The van der Waals surface area contributed by atoms with E-state index in [0.29, 0.717) is 19.3 Å². The molecule has 8 nitrogen and oxygen atoms in total. The summed E-state index contributed by atoms with van der Waals surface area (Å²) in [5, 5.41) is 9.64. The minimum Gasteiger partial charge on any atom is -0.477 e. The highest BCUT2D eigenvalue weighted by molar-refractivity contribution is 5.72. The zero-order valence-corrected chi connectivity index (χ0v) is 39.1. The number of rotatable bonds is 42. The van der Waals surface area contributed by atoms with Gasteiger partial charge in [-0.3, -0.25) is 9.59 Å². The molecule has 2 atom stereocenters. The number of carbonyl (C=O) groups excluding carboxylic acids is 2. The molecule has 2 unspecified atom stereocenters. The maximum absolute atomic E-state index is 12.8. The summed E-state index contributed by atoms with van der Waals surface area (Å²) in [4.78, 5) is 37.1. The Labute approximate surface area is 368 Å². The van der Waals surface area contributed by atoms with E-state index in [1.165, 1.54) is 70.6 Å². The summed E-state index contributed by atoms with van der Waals surface area (Å²) >= 11 is 0. The quantitative estimate of drug-likeness (QED) is 0.0283. The van der Waals surface area contributed by atoms with E-state index in [4.69, 9.17) is 14.2 Å². The summed E-state index contributed by atoms with van der Waals surface area (Å²) < 4.78 is 17.3. The van der Waals surface area contributed by atoms with Crippen LogP contribution in [0.5, 0.6) is 0 Å². The van der Waals surface area contributed by atoms with Gasteiger partial charge in [0.2, 0.25) is 0 Å². The summed E-state index contributed by atoms with van der Waals surface area (Å²) in [6, 6.07) is -0.625. The van der Waals surface area contributed by atoms with Crippen LogP contribution in [0.15, 0.2) is 72.9 Å². The van der Waals surface area contributed by atoms with Gasteiger partial charge in [0, 0.05) is 19.3 Å². The first kappa shape index (κ1) is 56.8. The zero-order chi connectivity index (χ0) is 44.2. The van der Waals surface area contributed by atoms with Gasteiger partial charge >= 0.3 is 17.9 Å². The summed E-state index contributed by atoms with van der Waals surface area (Å²) in [6.07, 6.45) is 53.7. The molecule has 8 heteroatoms. The predicted molar refractivity (Wildman–Crippen MR) is 252 cm³/mol. The Morgan fingerprint density at radius 1 is 0.500 bits per heavy atom. The molecular weight excluding hydrogens is 751 g/mol. The van der Waals surface area contributed by atoms with Crippen LogP contribution in [-0.2, 0) is 28.6 Å². The number of aliphatic carboxylic acids is 1. The van der Waals surface area contributed by atoms with Crippen molar-refractivity contribution < 1.29 is 38.2 Å². The minimum absolute atomic E-state index is 0.0428. The van der Waals surface area contributed by atoms with Crippen molar-refractivity contribution >= 4 is 17.9 Å². The number of allylic oxidation sites excluding steroid dienone is 12. The van der Waals surface area contributed by atoms with E-state index in [9.17, 15) is 19.5 Å². The van der Waals surface area contributed by atoms with Gasteiger partial charge in [-0.25, -0.2) is 4.79 Å². The Kier molecular flexibility index (Phi) is 40.2. The molecule has 344 valence electrons. The highest BCUT2D eigenvalue weighted by Gasteiger charge is 2.31. The number of nitrogens with zero attached hydrogens (tertiary/aromatic N) is 1. The van der Waals surface area contributed by atoms with E-state index in [2.05, 4.69) is 80.7 Å². The number of esters is 2. The van der Waals surface area contributed by atoms with Crippen LogP contribution in [0.4, 0.5) is 0 Å². The maximum atomic E-state index is 12.8. The number of unbranched alkanes of at least 4 members (excludes halogenated alkanes) is 20. The lowest BCUT2D eigenvalue weighted by Gasteiger charge is -2.31. The molecule has 0 aliphatic heterocycles. The van der Waals surface area contributed by atoms with Gasteiger partial charge in [-0.2, -0.15) is 0 Å². The fourth-order valence-corrected chi connectivity index (χ4v) is 6.68. The third-order valence-electron chi connectivity index (χ3n) is 10.5. The fourth-order valence-electron chi connectivity index (χ4n) is 6.68. The number of hydrogen-bond donors (Lipinski definition) is 1. The number of ether oxygens (including phenoxy) is 3. The lowest BCUT2D eigenvalue weighted by Crippen LogP contribution is -2.50. The average molecular weight is 841 g/mol. The second-order valence-corrected chi connectivity index (χ2v) is 17.1. The van der Waals surface area contributed by atoms with Crippen LogP contribution in [0.1, 0.15) is 187 Å². The standard InChI is InChI=1S/C52H89NO7/c1-6-8-10-12-14-16-18-20-22-24-26-28-30-32-34-36-38-40-42-50(54)59-47-48(46-58-45-44-49(52(56)57)53(3,4)5)60-51(55)43-41-39-37-35-33-31-29-27-25-23-21-19-17-15-13-11-9-7-2/h15,17,19,21-29,48-49H,6-14,16,18,20,30-47H2,1-5H3/p+1/b17-15+,21-19+,24-22+,25-23+,28-26+,29-27+. The van der Waals surface area contributed by atoms with Crippen LogP contribution in [0.2, 0.25) is 0 Å². The zero-order valence-electron chi connectivity index (χ0n) is 39.1. The summed E-state index contributed by atoms with van der Waals surface area (Å²) in [5.74, 6) is -1.52. The summed E-state index contributed by atoms with van der Waals surface area (Å²) in [5.41, 5.74) is 0. The highest BCUT2D eigenvalue weighted by Crippen LogP contribution is 2.13. The molecule has 0 aliphatic rings. The molecule has 0 fully saturated rings. The van der Waals surface area contributed by atoms with Crippen molar-refractivity contribution in [2.24, 2.45) is 0 Å². The van der Waals surface area contributed by atoms with Gasteiger partial charge in [0.1, 0.15) is 6.61 Å². The molecule has 0 aromatic rings. The van der Waals surface area contributed by atoms with Crippen LogP contribution in [0.3, 0.4) is 0 Å². The molecule has 60 heavy (non-hydrogen) atoms. The molecule has 0 aliphatic carbocycles. The number of hydrogen-bond acceptors (Lipinski definition) is 6. The van der Waals surface area contributed by atoms with E-state index < -0.39 is 18.1 Å². The molecule has 0 amide bonds. The first-order valence-electron chi connectivity index (χ1n) is 24.0. The van der Waals surface area contributed by atoms with E-state index in [0.717, 1.165) is 83.5 Å². The van der Waals surface area contributed by atoms with Gasteiger partial charge in [0.25, 0.3) is 0 Å². The molecule has 0 spiro atoms. The van der Waals surface area contributed by atoms with Crippen LogP contribution in [-0.4, -0.2) is 80.6 Å². The third-order valence-corrected chi connectivity index (χ3v) is 10.5. The minimum atomic E-state index is -0.884.